The third-order valence-electron chi connectivity index (χ3n) is 4.53. The normalized spacial score (nSPS) is 15.2. The highest BCUT2D eigenvalue weighted by molar-refractivity contribution is 5.74. The predicted molar refractivity (Wildman–Crippen MR) is 92.8 cm³/mol. The predicted octanol–water partition coefficient (Wildman–Crippen LogP) is 3.11. The molecule has 0 aliphatic carbocycles. The van der Waals surface area contributed by atoms with Gasteiger partial charge < -0.3 is 19.5 Å². The molecular formula is C18H22F2N4O3. The summed E-state index contributed by atoms with van der Waals surface area (Å²) in [6.07, 6.45) is 1.94. The van der Waals surface area contributed by atoms with Gasteiger partial charge in [0.1, 0.15) is 5.75 Å². The molecule has 2 heterocycles. The zero-order valence-electron chi connectivity index (χ0n) is 15.0. The van der Waals surface area contributed by atoms with Gasteiger partial charge in [0.15, 0.2) is 5.82 Å². The number of aromatic nitrogens is 2. The van der Waals surface area contributed by atoms with Gasteiger partial charge in [-0.1, -0.05) is 23.4 Å². The number of rotatable bonds is 6. The van der Waals surface area contributed by atoms with Crippen molar-refractivity contribution in [3.8, 4) is 5.75 Å². The number of nitrogens with one attached hydrogen (secondary N) is 1. The molecule has 0 radical (unpaired) electrons. The van der Waals surface area contributed by atoms with E-state index in [0.29, 0.717) is 43.3 Å². The Kier molecular flexibility index (Phi) is 6.20. The molecule has 1 aliphatic heterocycles. The van der Waals surface area contributed by atoms with Crippen LogP contribution in [0.15, 0.2) is 28.8 Å². The number of para-hydroxylation sites is 1. The summed E-state index contributed by atoms with van der Waals surface area (Å²) < 4.78 is 34.6. The Morgan fingerprint density at radius 2 is 2.11 bits per heavy atom. The summed E-state index contributed by atoms with van der Waals surface area (Å²) in [4.78, 5) is 18.3. The Hall–Kier alpha value is -2.71. The van der Waals surface area contributed by atoms with Gasteiger partial charge in [0, 0.05) is 25.6 Å². The minimum Gasteiger partial charge on any atom is -0.435 e. The molecule has 0 spiro atoms. The molecule has 2 aromatic rings. The number of carbonyl (C=O) groups is 1. The molecule has 1 fully saturated rings. The van der Waals surface area contributed by atoms with Crippen LogP contribution in [0, 0.1) is 6.92 Å². The van der Waals surface area contributed by atoms with Crippen LogP contribution in [0.3, 0.4) is 0 Å². The van der Waals surface area contributed by atoms with Gasteiger partial charge in [0.25, 0.3) is 0 Å². The molecule has 1 N–H and O–H groups in total. The molecule has 1 saturated heterocycles. The van der Waals surface area contributed by atoms with Crippen LogP contribution in [0.2, 0.25) is 0 Å². The van der Waals surface area contributed by atoms with Crippen molar-refractivity contribution in [3.05, 3.63) is 41.5 Å². The molecule has 1 aromatic carbocycles. The Morgan fingerprint density at radius 1 is 1.37 bits per heavy atom. The lowest BCUT2D eigenvalue weighted by molar-refractivity contribution is -0.0504. The van der Waals surface area contributed by atoms with E-state index in [4.69, 9.17) is 4.52 Å². The van der Waals surface area contributed by atoms with Crippen molar-refractivity contribution in [1.29, 1.82) is 0 Å². The number of hydrogen-bond donors (Lipinski definition) is 1. The van der Waals surface area contributed by atoms with Crippen molar-refractivity contribution in [2.45, 2.75) is 38.7 Å². The van der Waals surface area contributed by atoms with Crippen LogP contribution < -0.4 is 10.1 Å². The largest absolute Gasteiger partial charge is 0.435 e. The maximum atomic E-state index is 12.4. The number of ether oxygens (including phenoxy) is 1. The van der Waals surface area contributed by atoms with Gasteiger partial charge in [-0.2, -0.15) is 13.8 Å². The molecule has 1 aliphatic rings. The molecule has 7 nitrogen and oxygen atoms in total. The molecule has 0 unspecified atom stereocenters. The second kappa shape index (κ2) is 8.79. The summed E-state index contributed by atoms with van der Waals surface area (Å²) in [6.45, 7) is 0.446. The van der Waals surface area contributed by atoms with E-state index in [9.17, 15) is 13.6 Å². The van der Waals surface area contributed by atoms with Crippen LogP contribution in [0.4, 0.5) is 13.6 Å². The van der Waals surface area contributed by atoms with Crippen molar-refractivity contribution < 1.29 is 22.8 Å². The van der Waals surface area contributed by atoms with Crippen LogP contribution >= 0.6 is 0 Å². The molecule has 0 atom stereocenters. The lowest BCUT2D eigenvalue weighted by Gasteiger charge is -2.30. The lowest BCUT2D eigenvalue weighted by Crippen LogP contribution is -2.44. The first-order valence-electron chi connectivity index (χ1n) is 8.88. The Balaban J connectivity index is 1.44. The number of carbonyl (C=O) groups excluding carboxylic acids is 1. The monoisotopic (exact) mass is 380 g/mol. The van der Waals surface area contributed by atoms with Gasteiger partial charge in [-0.05, 0) is 37.8 Å². The van der Waals surface area contributed by atoms with Gasteiger partial charge in [-0.25, -0.2) is 4.79 Å². The van der Waals surface area contributed by atoms with E-state index in [2.05, 4.69) is 20.2 Å². The molecule has 0 bridgehead atoms. The van der Waals surface area contributed by atoms with Gasteiger partial charge in [0.2, 0.25) is 5.89 Å². The second-order valence-corrected chi connectivity index (χ2v) is 6.41. The van der Waals surface area contributed by atoms with Gasteiger partial charge >= 0.3 is 12.6 Å². The topological polar surface area (TPSA) is 80.5 Å². The summed E-state index contributed by atoms with van der Waals surface area (Å²) >= 11 is 0. The first-order chi connectivity index (χ1) is 13.0. The van der Waals surface area contributed by atoms with Crippen LogP contribution in [-0.4, -0.2) is 47.3 Å². The minimum absolute atomic E-state index is 0.136. The SMILES string of the molecule is Cc1noc(C2CCN(C(=O)NCCc3ccccc3OC(F)F)CC2)n1. The van der Waals surface area contributed by atoms with Crippen LogP contribution in [0.5, 0.6) is 5.75 Å². The lowest BCUT2D eigenvalue weighted by atomic mass is 9.97. The van der Waals surface area contributed by atoms with Crippen LogP contribution in [0.25, 0.3) is 0 Å². The van der Waals surface area contributed by atoms with Gasteiger partial charge in [-0.3, -0.25) is 0 Å². The molecule has 3 rings (SSSR count). The van der Waals surface area contributed by atoms with E-state index in [-0.39, 0.29) is 17.7 Å². The summed E-state index contributed by atoms with van der Waals surface area (Å²) in [5, 5.41) is 6.64. The number of aryl methyl sites for hydroxylation is 1. The molecular weight excluding hydrogens is 358 g/mol. The molecule has 0 saturated carbocycles. The van der Waals surface area contributed by atoms with Gasteiger partial charge in [0.05, 0.1) is 0 Å². The first kappa shape index (κ1) is 19.1. The zero-order valence-corrected chi connectivity index (χ0v) is 15.0. The van der Waals surface area contributed by atoms with E-state index >= 15 is 0 Å². The molecule has 146 valence electrons. The fraction of sp³-hybridized carbons (Fsp3) is 0.500. The minimum atomic E-state index is -2.87. The van der Waals surface area contributed by atoms with Crippen molar-refractivity contribution in [3.63, 3.8) is 0 Å². The number of benzene rings is 1. The van der Waals surface area contributed by atoms with Crippen molar-refractivity contribution in [1.82, 2.24) is 20.4 Å². The average molecular weight is 380 g/mol. The summed E-state index contributed by atoms with van der Waals surface area (Å²) in [5.41, 5.74) is 0.628. The number of piperidine rings is 1. The highest BCUT2D eigenvalue weighted by atomic mass is 19.3. The Morgan fingerprint density at radius 3 is 2.78 bits per heavy atom. The molecule has 2 amide bonds. The summed E-state index contributed by atoms with van der Waals surface area (Å²) in [7, 11) is 0. The fourth-order valence-corrected chi connectivity index (χ4v) is 3.15. The number of hydrogen-bond acceptors (Lipinski definition) is 5. The van der Waals surface area contributed by atoms with E-state index in [1.54, 1.807) is 30.0 Å². The Labute approximate surface area is 155 Å². The number of nitrogens with zero attached hydrogens (tertiary/aromatic N) is 3. The van der Waals surface area contributed by atoms with Crippen molar-refractivity contribution in [2.24, 2.45) is 0 Å². The van der Waals surface area contributed by atoms with E-state index < -0.39 is 6.61 Å². The van der Waals surface area contributed by atoms with E-state index in [0.717, 1.165) is 12.8 Å². The third-order valence-corrected chi connectivity index (χ3v) is 4.53. The van der Waals surface area contributed by atoms with E-state index in [1.165, 1.54) is 6.07 Å². The van der Waals surface area contributed by atoms with Gasteiger partial charge in [-0.15, -0.1) is 0 Å². The van der Waals surface area contributed by atoms with E-state index in [1.807, 2.05) is 0 Å². The second-order valence-electron chi connectivity index (χ2n) is 6.41. The number of amides is 2. The maximum absolute atomic E-state index is 12.4. The molecule has 1 aromatic heterocycles. The smallest absolute Gasteiger partial charge is 0.387 e. The van der Waals surface area contributed by atoms with Crippen molar-refractivity contribution in [2.75, 3.05) is 19.6 Å². The third kappa shape index (κ3) is 5.15. The number of urea groups is 1. The number of alkyl halides is 2. The average Bonchev–Trinajstić information content (AvgIpc) is 3.09. The molecule has 9 heteroatoms. The highest BCUT2D eigenvalue weighted by Gasteiger charge is 2.27. The summed E-state index contributed by atoms with van der Waals surface area (Å²) in [5.74, 6) is 1.55. The standard InChI is InChI=1S/C18H22F2N4O3/c1-12-22-16(27-23-12)14-7-10-24(11-8-14)18(25)21-9-6-13-4-2-3-5-15(13)26-17(19)20/h2-5,14,17H,6-11H2,1H3,(H,21,25). The van der Waals surface area contributed by atoms with Crippen LogP contribution in [-0.2, 0) is 6.42 Å². The number of halogens is 2. The molecule has 27 heavy (non-hydrogen) atoms. The Bertz CT molecular complexity index is 761. The summed E-state index contributed by atoms with van der Waals surface area (Å²) in [6, 6.07) is 6.42. The van der Waals surface area contributed by atoms with Crippen LogP contribution in [0.1, 0.15) is 36.0 Å². The quantitative estimate of drug-likeness (QED) is 0.833. The number of likely N-dealkylation sites (tertiary alicyclic amines) is 1. The first-order valence-corrected chi connectivity index (χ1v) is 8.88. The highest BCUT2D eigenvalue weighted by Crippen LogP contribution is 2.26. The fourth-order valence-electron chi connectivity index (χ4n) is 3.15. The maximum Gasteiger partial charge on any atom is 0.387 e. The van der Waals surface area contributed by atoms with Crippen molar-refractivity contribution >= 4 is 6.03 Å². The zero-order chi connectivity index (χ0) is 19.2.